The summed E-state index contributed by atoms with van der Waals surface area (Å²) < 4.78 is 48.2. The second-order valence-corrected chi connectivity index (χ2v) is 9.67. The van der Waals surface area contributed by atoms with E-state index in [0.717, 1.165) is 6.07 Å². The number of nitrogens with zero attached hydrogens (tertiary/aromatic N) is 3. The summed E-state index contributed by atoms with van der Waals surface area (Å²) in [6.07, 6.45) is -4.59. The van der Waals surface area contributed by atoms with E-state index in [4.69, 9.17) is 16.3 Å². The molecule has 0 aliphatic heterocycles. The molecule has 37 heavy (non-hydrogen) atoms. The Hall–Kier alpha value is -3.60. The molecule has 1 aromatic heterocycles. The average Bonchev–Trinajstić information content (AvgIpc) is 3.19. The van der Waals surface area contributed by atoms with Crippen LogP contribution in [-0.2, 0) is 23.6 Å². The number of nitrogens with one attached hydrogen (secondary N) is 1. The number of hydrogen-bond donors (Lipinski definition) is 2. The number of carbonyl (C=O) groups is 2. The molecular formula is C25H26ClF3N4O4. The molecule has 0 spiro atoms. The van der Waals surface area contributed by atoms with Crippen molar-refractivity contribution in [3.05, 3.63) is 64.4 Å². The maximum Gasteiger partial charge on any atom is 0.417 e. The SMILES string of the molecule is CC(C)[C@H](NC(=O)c1cc(Cl)ccc1OC(C)(C)c1nnc(-c2ccccc2C(F)(F)F)n1C)C(=O)O. The summed E-state index contributed by atoms with van der Waals surface area (Å²) in [4.78, 5) is 24.5. The molecule has 0 aliphatic rings. The molecule has 2 aromatic carbocycles. The van der Waals surface area contributed by atoms with Gasteiger partial charge in [0.1, 0.15) is 11.8 Å². The summed E-state index contributed by atoms with van der Waals surface area (Å²) in [5.74, 6) is -2.06. The second-order valence-electron chi connectivity index (χ2n) is 9.24. The van der Waals surface area contributed by atoms with Gasteiger partial charge in [0, 0.05) is 17.6 Å². The Labute approximate surface area is 216 Å². The van der Waals surface area contributed by atoms with E-state index < -0.39 is 41.2 Å². The highest BCUT2D eigenvalue weighted by molar-refractivity contribution is 6.31. The number of aromatic nitrogens is 3. The van der Waals surface area contributed by atoms with E-state index >= 15 is 0 Å². The molecule has 3 aromatic rings. The van der Waals surface area contributed by atoms with Gasteiger partial charge in [0.2, 0.25) is 0 Å². The van der Waals surface area contributed by atoms with Crippen molar-refractivity contribution in [2.45, 2.75) is 45.5 Å². The van der Waals surface area contributed by atoms with Crippen LogP contribution in [0.3, 0.4) is 0 Å². The standard InChI is InChI=1S/C25H26ClF3N4O4/c1-13(2)19(22(35)36)30-21(34)16-12-14(26)10-11-18(16)37-24(3,4)23-32-31-20(33(23)5)15-8-6-7-9-17(15)25(27,28)29/h6-13,19H,1-5H3,(H,30,34)(H,35,36)/t19-/m0/s1. The molecule has 0 radical (unpaired) electrons. The monoisotopic (exact) mass is 538 g/mol. The van der Waals surface area contributed by atoms with Gasteiger partial charge in [-0.05, 0) is 44.0 Å². The fourth-order valence-corrected chi connectivity index (χ4v) is 4.01. The van der Waals surface area contributed by atoms with Crippen LogP contribution in [0.5, 0.6) is 5.75 Å². The van der Waals surface area contributed by atoms with Gasteiger partial charge >= 0.3 is 12.1 Å². The molecule has 2 N–H and O–H groups in total. The van der Waals surface area contributed by atoms with Gasteiger partial charge < -0.3 is 19.7 Å². The van der Waals surface area contributed by atoms with Crippen molar-refractivity contribution in [3.8, 4) is 17.1 Å². The molecule has 1 amide bonds. The van der Waals surface area contributed by atoms with Crippen LogP contribution < -0.4 is 10.1 Å². The lowest BCUT2D eigenvalue weighted by atomic mass is 10.0. The predicted octanol–water partition coefficient (Wildman–Crippen LogP) is 5.31. The minimum Gasteiger partial charge on any atom is -0.480 e. The Morgan fingerprint density at radius 1 is 1.11 bits per heavy atom. The van der Waals surface area contributed by atoms with Crippen LogP contribution >= 0.6 is 11.6 Å². The fraction of sp³-hybridized carbons (Fsp3) is 0.360. The number of alkyl halides is 3. The van der Waals surface area contributed by atoms with E-state index in [1.807, 2.05) is 0 Å². The van der Waals surface area contributed by atoms with Crippen LogP contribution in [0.4, 0.5) is 13.2 Å². The molecule has 12 heteroatoms. The third-order valence-corrected chi connectivity index (χ3v) is 5.89. The maximum atomic E-state index is 13.6. The van der Waals surface area contributed by atoms with Crippen molar-refractivity contribution < 1.29 is 32.6 Å². The van der Waals surface area contributed by atoms with Crippen LogP contribution in [0, 0.1) is 5.92 Å². The van der Waals surface area contributed by atoms with Crippen LogP contribution in [0.2, 0.25) is 5.02 Å². The lowest BCUT2D eigenvalue weighted by molar-refractivity contribution is -0.140. The molecule has 1 heterocycles. The van der Waals surface area contributed by atoms with E-state index in [9.17, 15) is 27.9 Å². The van der Waals surface area contributed by atoms with Crippen molar-refractivity contribution in [2.75, 3.05) is 0 Å². The third kappa shape index (κ3) is 6.04. The molecule has 8 nitrogen and oxygen atoms in total. The van der Waals surface area contributed by atoms with Gasteiger partial charge in [-0.25, -0.2) is 4.79 Å². The van der Waals surface area contributed by atoms with Crippen molar-refractivity contribution in [1.29, 1.82) is 0 Å². The van der Waals surface area contributed by atoms with E-state index in [-0.39, 0.29) is 33.5 Å². The van der Waals surface area contributed by atoms with Gasteiger partial charge in [-0.3, -0.25) is 4.79 Å². The molecular weight excluding hydrogens is 513 g/mol. The molecule has 198 valence electrons. The molecule has 1 atom stereocenters. The molecule has 0 unspecified atom stereocenters. The van der Waals surface area contributed by atoms with Crippen molar-refractivity contribution >= 4 is 23.5 Å². The maximum absolute atomic E-state index is 13.6. The van der Waals surface area contributed by atoms with Crippen molar-refractivity contribution in [2.24, 2.45) is 13.0 Å². The first-order valence-electron chi connectivity index (χ1n) is 11.2. The lowest BCUT2D eigenvalue weighted by Crippen LogP contribution is -2.44. The van der Waals surface area contributed by atoms with Gasteiger partial charge in [0.25, 0.3) is 5.91 Å². The quantitative estimate of drug-likeness (QED) is 0.403. The van der Waals surface area contributed by atoms with Gasteiger partial charge in [0.05, 0.1) is 11.1 Å². The first-order valence-corrected chi connectivity index (χ1v) is 11.6. The third-order valence-electron chi connectivity index (χ3n) is 5.66. The Morgan fingerprint density at radius 2 is 1.76 bits per heavy atom. The molecule has 0 bridgehead atoms. The highest BCUT2D eigenvalue weighted by Crippen LogP contribution is 2.38. The molecule has 0 aliphatic carbocycles. The molecule has 3 rings (SSSR count). The number of halogens is 4. The Bertz CT molecular complexity index is 1320. The zero-order valence-corrected chi connectivity index (χ0v) is 21.5. The average molecular weight is 539 g/mol. The summed E-state index contributed by atoms with van der Waals surface area (Å²) in [6, 6.07) is 8.15. The Morgan fingerprint density at radius 3 is 2.35 bits per heavy atom. The van der Waals surface area contributed by atoms with Crippen LogP contribution in [0.1, 0.15) is 49.4 Å². The highest BCUT2D eigenvalue weighted by Gasteiger charge is 2.37. The zero-order chi connectivity index (χ0) is 27.7. The Kier molecular flexibility index (Phi) is 7.87. The number of aliphatic carboxylic acids is 1. The van der Waals surface area contributed by atoms with Crippen molar-refractivity contribution in [1.82, 2.24) is 20.1 Å². The number of benzene rings is 2. The van der Waals surface area contributed by atoms with Crippen molar-refractivity contribution in [3.63, 3.8) is 0 Å². The summed E-state index contributed by atoms with van der Waals surface area (Å²) in [6.45, 7) is 6.53. The number of amides is 1. The first kappa shape index (κ1) is 28.0. The smallest absolute Gasteiger partial charge is 0.417 e. The molecule has 0 saturated heterocycles. The summed E-state index contributed by atoms with van der Waals surface area (Å²) in [5.41, 5.74) is -2.30. The molecule has 0 fully saturated rings. The van der Waals surface area contributed by atoms with Crippen LogP contribution in [0.15, 0.2) is 42.5 Å². The summed E-state index contributed by atoms with van der Waals surface area (Å²) in [5, 5.41) is 20.2. The highest BCUT2D eigenvalue weighted by atomic mass is 35.5. The first-order chi connectivity index (χ1) is 17.1. The van der Waals surface area contributed by atoms with E-state index in [0.29, 0.717) is 0 Å². The zero-order valence-electron chi connectivity index (χ0n) is 20.7. The van der Waals surface area contributed by atoms with Gasteiger partial charge in [-0.2, -0.15) is 13.2 Å². The topological polar surface area (TPSA) is 106 Å². The van der Waals surface area contributed by atoms with Crippen LogP contribution in [0.25, 0.3) is 11.4 Å². The lowest BCUT2D eigenvalue weighted by Gasteiger charge is -2.27. The number of hydrogen-bond acceptors (Lipinski definition) is 5. The summed E-state index contributed by atoms with van der Waals surface area (Å²) >= 11 is 6.09. The normalized spacial score (nSPS) is 12.9. The number of carboxylic acids is 1. The second kappa shape index (κ2) is 10.4. The number of ether oxygens (including phenoxy) is 1. The molecule has 0 saturated carbocycles. The fourth-order valence-electron chi connectivity index (χ4n) is 3.84. The van der Waals surface area contributed by atoms with Gasteiger partial charge in [-0.15, -0.1) is 10.2 Å². The van der Waals surface area contributed by atoms with Crippen LogP contribution in [-0.4, -0.2) is 37.8 Å². The van der Waals surface area contributed by atoms with Gasteiger partial charge in [-0.1, -0.05) is 43.6 Å². The number of rotatable bonds is 8. The summed E-state index contributed by atoms with van der Waals surface area (Å²) in [7, 11) is 1.51. The van der Waals surface area contributed by atoms with Gasteiger partial charge in [0.15, 0.2) is 17.2 Å². The minimum absolute atomic E-state index is 0.0164. The van der Waals surface area contributed by atoms with E-state index in [2.05, 4.69) is 15.5 Å². The van der Waals surface area contributed by atoms with E-state index in [1.165, 1.54) is 48.0 Å². The number of carbonyl (C=O) groups excluding carboxylic acids is 1. The van der Waals surface area contributed by atoms with E-state index in [1.54, 1.807) is 27.7 Å². The minimum atomic E-state index is -4.59. The Balaban J connectivity index is 1.98. The number of carboxylic acid groups (broad SMARTS) is 1. The largest absolute Gasteiger partial charge is 0.480 e. The predicted molar refractivity (Wildman–Crippen MR) is 130 cm³/mol.